The molecule has 4 aliphatic rings. The van der Waals surface area contributed by atoms with Crippen LogP contribution in [-0.2, 0) is 9.53 Å². The van der Waals surface area contributed by atoms with Crippen LogP contribution in [-0.4, -0.2) is 46.8 Å². The molecule has 1 aliphatic carbocycles. The predicted molar refractivity (Wildman–Crippen MR) is 94.5 cm³/mol. The molecule has 3 saturated heterocycles. The third kappa shape index (κ3) is 3.41. The molecule has 0 aromatic rings. The Balaban J connectivity index is 1.76. The zero-order chi connectivity index (χ0) is 17.3. The van der Waals surface area contributed by atoms with Gasteiger partial charge in [-0.25, -0.2) is 4.79 Å². The van der Waals surface area contributed by atoms with Crippen LogP contribution in [0.3, 0.4) is 0 Å². The maximum atomic E-state index is 13.0. The number of piperidine rings is 3. The Hall–Kier alpha value is -0.870. The van der Waals surface area contributed by atoms with Crippen LogP contribution in [0.15, 0.2) is 12.2 Å². The lowest BCUT2D eigenvalue weighted by Gasteiger charge is -2.49. The first-order valence-corrected chi connectivity index (χ1v) is 9.78. The normalized spacial score (nSPS) is 36.4. The van der Waals surface area contributed by atoms with Crippen molar-refractivity contribution in [2.45, 2.75) is 77.0 Å². The van der Waals surface area contributed by atoms with Crippen molar-refractivity contribution in [2.75, 3.05) is 13.1 Å². The lowest BCUT2D eigenvalue weighted by atomic mass is 9.80. The van der Waals surface area contributed by atoms with E-state index < -0.39 is 11.6 Å². The first-order valence-electron chi connectivity index (χ1n) is 9.78. The Labute approximate surface area is 146 Å². The number of rotatable bonds is 5. The van der Waals surface area contributed by atoms with Gasteiger partial charge in [-0.1, -0.05) is 32.8 Å². The summed E-state index contributed by atoms with van der Waals surface area (Å²) in [6.07, 6.45) is 9.80. The predicted octanol–water partition coefficient (Wildman–Crippen LogP) is 3.15. The number of esters is 1. The standard InChI is InChI=1S/C20H33NO3/c1-14(2)8-11-20(23,17-6-4-5-7-17)19(22)24-18-15(3)21-12-9-16(18)10-13-21/h8,11,14-18,23H,4-7,9-10,12-13H2,1-3H3. The summed E-state index contributed by atoms with van der Waals surface area (Å²) in [6, 6.07) is 0.267. The Morgan fingerprint density at radius 2 is 1.83 bits per heavy atom. The van der Waals surface area contributed by atoms with Crippen LogP contribution in [0.25, 0.3) is 0 Å². The fourth-order valence-corrected chi connectivity index (χ4v) is 4.75. The van der Waals surface area contributed by atoms with Gasteiger partial charge in [0.15, 0.2) is 5.60 Å². The second-order valence-electron chi connectivity index (χ2n) is 8.39. The van der Waals surface area contributed by atoms with E-state index in [0.717, 1.165) is 51.6 Å². The Morgan fingerprint density at radius 1 is 1.21 bits per heavy atom. The lowest BCUT2D eigenvalue weighted by Crippen LogP contribution is -2.59. The van der Waals surface area contributed by atoms with Gasteiger partial charge in [-0.2, -0.15) is 0 Å². The summed E-state index contributed by atoms with van der Waals surface area (Å²) in [4.78, 5) is 15.4. The first-order chi connectivity index (χ1) is 11.4. The summed E-state index contributed by atoms with van der Waals surface area (Å²) in [7, 11) is 0. The summed E-state index contributed by atoms with van der Waals surface area (Å²) in [5.41, 5.74) is -1.45. The van der Waals surface area contributed by atoms with Crippen molar-refractivity contribution in [3.63, 3.8) is 0 Å². The van der Waals surface area contributed by atoms with Crippen LogP contribution in [0.2, 0.25) is 0 Å². The van der Waals surface area contributed by atoms with Gasteiger partial charge in [0.05, 0.1) is 0 Å². The smallest absolute Gasteiger partial charge is 0.342 e. The molecule has 3 unspecified atom stereocenters. The number of hydrogen-bond acceptors (Lipinski definition) is 4. The summed E-state index contributed by atoms with van der Waals surface area (Å²) in [5, 5.41) is 11.2. The van der Waals surface area contributed by atoms with Gasteiger partial charge in [0, 0.05) is 12.0 Å². The van der Waals surface area contributed by atoms with Crippen molar-refractivity contribution in [3.8, 4) is 0 Å². The van der Waals surface area contributed by atoms with Crippen LogP contribution in [0.4, 0.5) is 0 Å². The average Bonchev–Trinajstić information content (AvgIpc) is 3.11. The average molecular weight is 335 g/mol. The third-order valence-electron chi connectivity index (χ3n) is 6.37. The Morgan fingerprint density at radius 3 is 2.38 bits per heavy atom. The van der Waals surface area contributed by atoms with Crippen LogP contribution >= 0.6 is 0 Å². The van der Waals surface area contributed by atoms with Crippen molar-refractivity contribution in [2.24, 2.45) is 17.8 Å². The van der Waals surface area contributed by atoms with Crippen LogP contribution in [0, 0.1) is 17.8 Å². The highest BCUT2D eigenvalue weighted by Crippen LogP contribution is 2.39. The molecule has 4 heteroatoms. The van der Waals surface area contributed by atoms with Crippen LogP contribution in [0.1, 0.15) is 59.3 Å². The Kier molecular flexibility index (Phi) is 5.36. The van der Waals surface area contributed by atoms with Gasteiger partial charge in [0.1, 0.15) is 6.10 Å². The van der Waals surface area contributed by atoms with Gasteiger partial charge < -0.3 is 9.84 Å². The van der Waals surface area contributed by atoms with Gasteiger partial charge in [0.2, 0.25) is 0 Å². The Bertz CT molecular complexity index is 473. The highest BCUT2D eigenvalue weighted by atomic mass is 16.6. The van der Waals surface area contributed by atoms with E-state index in [4.69, 9.17) is 4.74 Å². The highest BCUT2D eigenvalue weighted by Gasteiger charge is 2.48. The molecule has 136 valence electrons. The first kappa shape index (κ1) is 17.9. The molecule has 3 heterocycles. The number of nitrogens with zero attached hydrogens (tertiary/aromatic N) is 1. The van der Waals surface area contributed by atoms with E-state index in [1.165, 1.54) is 0 Å². The molecule has 0 aromatic heterocycles. The van der Waals surface area contributed by atoms with Crippen molar-refractivity contribution in [3.05, 3.63) is 12.2 Å². The number of ether oxygens (including phenoxy) is 1. The maximum absolute atomic E-state index is 13.0. The number of carbonyl (C=O) groups excluding carboxylic acids is 1. The van der Waals surface area contributed by atoms with E-state index in [2.05, 4.69) is 25.7 Å². The zero-order valence-corrected chi connectivity index (χ0v) is 15.4. The van der Waals surface area contributed by atoms with Gasteiger partial charge >= 0.3 is 5.97 Å². The molecule has 0 aromatic carbocycles. The maximum Gasteiger partial charge on any atom is 0.342 e. The molecule has 3 aliphatic heterocycles. The molecule has 0 radical (unpaired) electrons. The minimum Gasteiger partial charge on any atom is -0.458 e. The third-order valence-corrected chi connectivity index (χ3v) is 6.37. The minimum absolute atomic E-state index is 0.00334. The molecule has 1 N–H and O–H groups in total. The van der Waals surface area contributed by atoms with Crippen molar-refractivity contribution in [1.29, 1.82) is 0 Å². The van der Waals surface area contributed by atoms with E-state index >= 15 is 0 Å². The van der Waals surface area contributed by atoms with Gasteiger partial charge in [0.25, 0.3) is 0 Å². The summed E-state index contributed by atoms with van der Waals surface area (Å²) < 4.78 is 5.97. The van der Waals surface area contributed by atoms with Crippen molar-refractivity contribution in [1.82, 2.24) is 4.90 Å². The molecular weight excluding hydrogens is 302 g/mol. The summed E-state index contributed by atoms with van der Waals surface area (Å²) >= 11 is 0. The second-order valence-corrected chi connectivity index (χ2v) is 8.39. The molecule has 24 heavy (non-hydrogen) atoms. The molecular formula is C20H33NO3. The number of carbonyl (C=O) groups is 1. The van der Waals surface area contributed by atoms with Crippen molar-refractivity contribution < 1.29 is 14.6 Å². The van der Waals surface area contributed by atoms with Crippen LogP contribution < -0.4 is 0 Å². The second kappa shape index (κ2) is 7.17. The number of aliphatic hydroxyl groups is 1. The van der Waals surface area contributed by atoms with E-state index in [1.807, 2.05) is 6.08 Å². The zero-order valence-electron chi connectivity index (χ0n) is 15.4. The summed E-state index contributed by atoms with van der Waals surface area (Å²) in [6.45, 7) is 8.50. The molecule has 0 spiro atoms. The van der Waals surface area contributed by atoms with E-state index in [9.17, 15) is 9.90 Å². The molecule has 4 rings (SSSR count). The quantitative estimate of drug-likeness (QED) is 0.619. The molecule has 0 amide bonds. The molecule has 4 fully saturated rings. The number of fused-ring (bicyclic) bond motifs is 3. The summed E-state index contributed by atoms with van der Waals surface area (Å²) in [5.74, 6) is 0.339. The topological polar surface area (TPSA) is 49.8 Å². The van der Waals surface area contributed by atoms with Crippen molar-refractivity contribution >= 4 is 5.97 Å². The lowest BCUT2D eigenvalue weighted by molar-refractivity contribution is -0.185. The van der Waals surface area contributed by atoms with E-state index in [-0.39, 0.29) is 18.1 Å². The SMILES string of the molecule is CC(C)C=CC(O)(C(=O)OC1C2CCN(CC2)C1C)C1CCCC1. The monoisotopic (exact) mass is 335 g/mol. The van der Waals surface area contributed by atoms with E-state index in [0.29, 0.717) is 11.8 Å². The molecule has 2 bridgehead atoms. The minimum atomic E-state index is -1.45. The number of hydrogen-bond donors (Lipinski definition) is 1. The van der Waals surface area contributed by atoms with Gasteiger partial charge in [-0.05, 0) is 63.6 Å². The highest BCUT2D eigenvalue weighted by molar-refractivity contribution is 5.82. The fraction of sp³-hybridized carbons (Fsp3) is 0.850. The van der Waals surface area contributed by atoms with Gasteiger partial charge in [-0.15, -0.1) is 0 Å². The number of allylic oxidation sites excluding steroid dienone is 1. The molecule has 3 atom stereocenters. The fourth-order valence-electron chi connectivity index (χ4n) is 4.75. The van der Waals surface area contributed by atoms with Crippen LogP contribution in [0.5, 0.6) is 0 Å². The van der Waals surface area contributed by atoms with E-state index in [1.54, 1.807) is 6.08 Å². The largest absolute Gasteiger partial charge is 0.458 e. The molecule has 4 nitrogen and oxygen atoms in total. The van der Waals surface area contributed by atoms with Gasteiger partial charge in [-0.3, -0.25) is 4.90 Å². The molecule has 1 saturated carbocycles.